The zero-order valence-electron chi connectivity index (χ0n) is 8.61. The summed E-state index contributed by atoms with van der Waals surface area (Å²) in [6, 6.07) is 6.19. The minimum atomic E-state index is -0.572. The molecule has 2 heterocycles. The highest BCUT2D eigenvalue weighted by molar-refractivity contribution is 5.77. The Balaban J connectivity index is 1.97. The number of ether oxygens (including phenoxy) is 2. The van der Waals surface area contributed by atoms with E-state index in [2.05, 4.69) is 0 Å². The van der Waals surface area contributed by atoms with E-state index in [0.717, 1.165) is 17.4 Å². The number of rotatable bonds is 1. The van der Waals surface area contributed by atoms with Crippen LogP contribution in [0.1, 0.15) is 18.3 Å². The maximum atomic E-state index is 12.9. The zero-order valence-corrected chi connectivity index (χ0v) is 8.61. The monoisotopic (exact) mass is 222 g/mol. The van der Waals surface area contributed by atoms with Gasteiger partial charge in [0.15, 0.2) is 6.29 Å². The van der Waals surface area contributed by atoms with Crippen molar-refractivity contribution in [3.05, 3.63) is 35.8 Å². The largest absolute Gasteiger partial charge is 0.431 e. The molecule has 0 bridgehead atoms. The molecule has 0 saturated carbocycles. The van der Waals surface area contributed by atoms with Crippen LogP contribution >= 0.6 is 0 Å². The van der Waals surface area contributed by atoms with Crippen LogP contribution in [0, 0.1) is 6.01 Å². The number of furan rings is 1. The van der Waals surface area contributed by atoms with Crippen molar-refractivity contribution in [1.29, 1.82) is 0 Å². The van der Waals surface area contributed by atoms with Gasteiger partial charge in [0.25, 0.3) is 6.01 Å². The van der Waals surface area contributed by atoms with Crippen LogP contribution in [0.3, 0.4) is 0 Å². The fourth-order valence-corrected chi connectivity index (χ4v) is 1.86. The number of hydrogen-bond donors (Lipinski definition) is 0. The Hall–Kier alpha value is -1.39. The van der Waals surface area contributed by atoms with E-state index in [1.165, 1.54) is 6.07 Å². The zero-order chi connectivity index (χ0) is 11.0. The quantitative estimate of drug-likeness (QED) is 0.743. The second kappa shape index (κ2) is 3.88. The van der Waals surface area contributed by atoms with Crippen molar-refractivity contribution < 1.29 is 18.3 Å². The molecule has 84 valence electrons. The molecule has 0 unspecified atom stereocenters. The Kier molecular flexibility index (Phi) is 2.38. The molecule has 0 N–H and O–H groups in total. The van der Waals surface area contributed by atoms with E-state index in [4.69, 9.17) is 13.9 Å². The first-order valence-electron chi connectivity index (χ1n) is 5.25. The van der Waals surface area contributed by atoms with E-state index in [9.17, 15) is 4.39 Å². The number of fused-ring (bicyclic) bond motifs is 1. The van der Waals surface area contributed by atoms with Crippen LogP contribution in [-0.2, 0) is 9.47 Å². The van der Waals surface area contributed by atoms with Gasteiger partial charge in [-0.25, -0.2) is 0 Å². The molecule has 0 aliphatic carbocycles. The van der Waals surface area contributed by atoms with Crippen LogP contribution in [0.25, 0.3) is 11.0 Å². The first-order valence-corrected chi connectivity index (χ1v) is 5.25. The van der Waals surface area contributed by atoms with E-state index in [-0.39, 0.29) is 6.29 Å². The third-order valence-electron chi connectivity index (χ3n) is 2.61. The molecule has 1 saturated heterocycles. The number of benzene rings is 1. The lowest BCUT2D eigenvalue weighted by Gasteiger charge is -2.23. The Morgan fingerprint density at radius 3 is 2.75 bits per heavy atom. The molecule has 3 rings (SSSR count). The van der Waals surface area contributed by atoms with Gasteiger partial charge in [-0.3, -0.25) is 0 Å². The van der Waals surface area contributed by atoms with Crippen molar-refractivity contribution in [2.45, 2.75) is 12.7 Å². The minimum Gasteiger partial charge on any atom is -0.431 e. The predicted octanol–water partition coefficient (Wildman–Crippen LogP) is 3.01. The minimum absolute atomic E-state index is 0.337. The summed E-state index contributed by atoms with van der Waals surface area (Å²) in [7, 11) is 0. The van der Waals surface area contributed by atoms with Crippen LogP contribution in [0.15, 0.2) is 28.7 Å². The standard InChI is InChI=1S/C12H11FO3/c13-11-7-9-6-8(2-3-10(9)16-11)12-14-4-1-5-15-12/h2-3,6-7,12H,1,4-5H2. The van der Waals surface area contributed by atoms with Gasteiger partial charge in [0.1, 0.15) is 5.58 Å². The van der Waals surface area contributed by atoms with Gasteiger partial charge in [0.2, 0.25) is 0 Å². The molecule has 4 heteroatoms. The van der Waals surface area contributed by atoms with E-state index in [1.807, 2.05) is 12.1 Å². The summed E-state index contributed by atoms with van der Waals surface area (Å²) >= 11 is 0. The van der Waals surface area contributed by atoms with Crippen molar-refractivity contribution in [3.8, 4) is 0 Å². The summed E-state index contributed by atoms with van der Waals surface area (Å²) in [5.41, 5.74) is 1.44. The summed E-state index contributed by atoms with van der Waals surface area (Å²) in [5, 5.41) is 0.729. The SMILES string of the molecule is Fc1cc2cc(C3OCCCO3)ccc2o1. The van der Waals surface area contributed by atoms with Gasteiger partial charge in [0, 0.05) is 17.0 Å². The molecule has 3 nitrogen and oxygen atoms in total. The Morgan fingerprint density at radius 2 is 1.94 bits per heavy atom. The third-order valence-corrected chi connectivity index (χ3v) is 2.61. The molecule has 1 fully saturated rings. The van der Waals surface area contributed by atoms with Crippen LogP contribution in [0.5, 0.6) is 0 Å². The summed E-state index contributed by atoms with van der Waals surface area (Å²) in [6.07, 6.45) is 0.579. The first-order chi connectivity index (χ1) is 7.83. The van der Waals surface area contributed by atoms with Crippen LogP contribution in [-0.4, -0.2) is 13.2 Å². The van der Waals surface area contributed by atoms with Gasteiger partial charge in [0.05, 0.1) is 13.2 Å². The van der Waals surface area contributed by atoms with Crippen LogP contribution in [0.4, 0.5) is 4.39 Å². The fraction of sp³-hybridized carbons (Fsp3) is 0.333. The van der Waals surface area contributed by atoms with Crippen molar-refractivity contribution in [3.63, 3.8) is 0 Å². The van der Waals surface area contributed by atoms with Crippen molar-refractivity contribution in [2.24, 2.45) is 0 Å². The topological polar surface area (TPSA) is 31.6 Å². The molecule has 1 aromatic heterocycles. The molecular formula is C12H11FO3. The van der Waals surface area contributed by atoms with Gasteiger partial charge < -0.3 is 13.9 Å². The van der Waals surface area contributed by atoms with Crippen LogP contribution in [0.2, 0.25) is 0 Å². The highest BCUT2D eigenvalue weighted by atomic mass is 19.1. The lowest BCUT2D eigenvalue weighted by molar-refractivity contribution is -0.182. The molecule has 0 atom stereocenters. The van der Waals surface area contributed by atoms with Gasteiger partial charge in [-0.15, -0.1) is 0 Å². The molecule has 1 aliphatic heterocycles. The number of hydrogen-bond acceptors (Lipinski definition) is 3. The van der Waals surface area contributed by atoms with Gasteiger partial charge >= 0.3 is 0 Å². The molecule has 1 aliphatic rings. The average molecular weight is 222 g/mol. The third kappa shape index (κ3) is 1.70. The normalized spacial score (nSPS) is 18.1. The second-order valence-corrected chi connectivity index (χ2v) is 3.77. The van der Waals surface area contributed by atoms with E-state index in [0.29, 0.717) is 18.8 Å². The highest BCUT2D eigenvalue weighted by Crippen LogP contribution is 2.27. The van der Waals surface area contributed by atoms with E-state index < -0.39 is 6.01 Å². The van der Waals surface area contributed by atoms with Crippen molar-refractivity contribution in [2.75, 3.05) is 13.2 Å². The number of halogens is 1. The first kappa shape index (κ1) is 9.81. The second-order valence-electron chi connectivity index (χ2n) is 3.77. The Morgan fingerprint density at radius 1 is 1.12 bits per heavy atom. The molecular weight excluding hydrogens is 211 g/mol. The predicted molar refractivity (Wildman–Crippen MR) is 55.4 cm³/mol. The summed E-state index contributed by atoms with van der Waals surface area (Å²) < 4.78 is 28.7. The van der Waals surface area contributed by atoms with Crippen molar-refractivity contribution >= 4 is 11.0 Å². The summed E-state index contributed by atoms with van der Waals surface area (Å²) in [4.78, 5) is 0. The lowest BCUT2D eigenvalue weighted by atomic mass is 10.1. The molecule has 0 spiro atoms. The summed E-state index contributed by atoms with van der Waals surface area (Å²) in [5.74, 6) is 0. The molecule has 2 aromatic rings. The lowest BCUT2D eigenvalue weighted by Crippen LogP contribution is -2.17. The molecule has 16 heavy (non-hydrogen) atoms. The smallest absolute Gasteiger partial charge is 0.278 e. The van der Waals surface area contributed by atoms with Gasteiger partial charge in [-0.05, 0) is 18.6 Å². The molecule has 0 amide bonds. The maximum absolute atomic E-state index is 12.9. The van der Waals surface area contributed by atoms with Crippen LogP contribution < -0.4 is 0 Å². The highest BCUT2D eigenvalue weighted by Gasteiger charge is 2.17. The average Bonchev–Trinajstić information content (AvgIpc) is 2.69. The Labute approximate surface area is 91.8 Å². The maximum Gasteiger partial charge on any atom is 0.278 e. The van der Waals surface area contributed by atoms with E-state index >= 15 is 0 Å². The van der Waals surface area contributed by atoms with Gasteiger partial charge in [-0.2, -0.15) is 4.39 Å². The molecule has 0 radical (unpaired) electrons. The molecule has 1 aromatic carbocycles. The fourth-order valence-electron chi connectivity index (χ4n) is 1.86. The Bertz CT molecular complexity index is 500. The summed E-state index contributed by atoms with van der Waals surface area (Å²) in [6.45, 7) is 1.39. The van der Waals surface area contributed by atoms with Gasteiger partial charge in [-0.1, -0.05) is 6.07 Å². The van der Waals surface area contributed by atoms with E-state index in [1.54, 1.807) is 6.07 Å². The van der Waals surface area contributed by atoms with Crippen molar-refractivity contribution in [1.82, 2.24) is 0 Å².